The van der Waals surface area contributed by atoms with E-state index in [0.29, 0.717) is 17.3 Å². The van der Waals surface area contributed by atoms with Gasteiger partial charge in [0.25, 0.3) is 5.91 Å². The van der Waals surface area contributed by atoms with Gasteiger partial charge in [-0.25, -0.2) is 4.98 Å². The van der Waals surface area contributed by atoms with E-state index in [2.05, 4.69) is 37.7 Å². The fraction of sp³-hybridized carbons (Fsp3) is 0.350. The Morgan fingerprint density at radius 2 is 1.93 bits per heavy atom. The van der Waals surface area contributed by atoms with E-state index < -0.39 is 0 Å². The lowest BCUT2D eigenvalue weighted by Gasteiger charge is -2.14. The molecule has 0 aliphatic heterocycles. The molecule has 0 fully saturated rings. The van der Waals surface area contributed by atoms with Gasteiger partial charge in [-0.05, 0) is 43.2 Å². The Hall–Kier alpha value is -3.29. The Morgan fingerprint density at radius 3 is 2.57 bits per heavy atom. The largest absolute Gasteiger partial charge is 0.367 e. The summed E-state index contributed by atoms with van der Waals surface area (Å²) < 4.78 is 5.12. The fourth-order valence-corrected chi connectivity index (χ4v) is 2.62. The van der Waals surface area contributed by atoms with Crippen LogP contribution in [0.4, 0.5) is 5.82 Å². The highest BCUT2D eigenvalue weighted by atomic mass is 16.5. The van der Waals surface area contributed by atoms with Crippen LogP contribution in [0.5, 0.6) is 0 Å². The Bertz CT molecular complexity index is 893. The number of amides is 1. The molecule has 3 aromatic heterocycles. The van der Waals surface area contributed by atoms with Crippen LogP contribution in [-0.2, 0) is 13.0 Å². The second-order valence-corrected chi connectivity index (χ2v) is 6.92. The molecule has 0 saturated heterocycles. The Morgan fingerprint density at radius 1 is 1.14 bits per heavy atom. The molecule has 0 aromatic carbocycles. The highest BCUT2D eigenvalue weighted by molar-refractivity contribution is 5.93. The lowest BCUT2D eigenvalue weighted by Crippen LogP contribution is -2.24. The van der Waals surface area contributed by atoms with Gasteiger partial charge in [0.05, 0.1) is 12.1 Å². The van der Waals surface area contributed by atoms with Crippen molar-refractivity contribution in [2.75, 3.05) is 5.32 Å². The zero-order valence-electron chi connectivity index (χ0n) is 16.2. The van der Waals surface area contributed by atoms with Gasteiger partial charge in [-0.2, -0.15) is 4.98 Å². The van der Waals surface area contributed by atoms with Crippen molar-refractivity contribution < 1.29 is 9.32 Å². The highest BCUT2D eigenvalue weighted by Crippen LogP contribution is 2.12. The molecule has 28 heavy (non-hydrogen) atoms. The number of aromatic nitrogens is 4. The lowest BCUT2D eigenvalue weighted by atomic mass is 10.1. The van der Waals surface area contributed by atoms with Crippen molar-refractivity contribution in [2.45, 2.75) is 45.7 Å². The molecule has 0 saturated carbocycles. The topological polar surface area (TPSA) is 106 Å². The van der Waals surface area contributed by atoms with Crippen molar-refractivity contribution in [3.05, 3.63) is 65.7 Å². The molecular weight excluding hydrogens is 356 g/mol. The zero-order chi connectivity index (χ0) is 19.9. The van der Waals surface area contributed by atoms with Crippen molar-refractivity contribution in [3.8, 4) is 0 Å². The molecule has 0 aliphatic carbocycles. The minimum Gasteiger partial charge on any atom is -0.367 e. The minimum atomic E-state index is -0.236. The summed E-state index contributed by atoms with van der Waals surface area (Å²) in [7, 11) is 0. The average Bonchev–Trinajstić information content (AvgIpc) is 3.17. The number of nitrogens with one attached hydrogen (secondary N) is 2. The summed E-state index contributed by atoms with van der Waals surface area (Å²) in [6.45, 7) is 6.22. The van der Waals surface area contributed by atoms with Gasteiger partial charge in [-0.3, -0.25) is 9.78 Å². The zero-order valence-corrected chi connectivity index (χ0v) is 16.2. The number of pyridine rings is 2. The van der Waals surface area contributed by atoms with Crippen LogP contribution in [-0.4, -0.2) is 32.1 Å². The summed E-state index contributed by atoms with van der Waals surface area (Å²) in [5, 5.41) is 9.96. The summed E-state index contributed by atoms with van der Waals surface area (Å²) in [4.78, 5) is 24.9. The van der Waals surface area contributed by atoms with Gasteiger partial charge in [-0.15, -0.1) is 0 Å². The van der Waals surface area contributed by atoms with E-state index in [4.69, 9.17) is 4.52 Å². The van der Waals surface area contributed by atoms with Crippen LogP contribution in [0.3, 0.4) is 0 Å². The first kappa shape index (κ1) is 19.5. The Kier molecular flexibility index (Phi) is 6.31. The maximum Gasteiger partial charge on any atom is 0.253 e. The van der Waals surface area contributed by atoms with Crippen molar-refractivity contribution in [1.82, 2.24) is 25.4 Å². The molecule has 8 nitrogen and oxygen atoms in total. The standard InChI is InChI=1S/C20H24N6O2/c1-13(2)20-25-18(26-28-20)12-23-19(27)16-4-5-17(22-11-16)24-14(3)10-15-6-8-21-9-7-15/h4-9,11,13-14H,10,12H2,1-3H3,(H,22,24)(H,23,27)/t14-/m1/s1. The summed E-state index contributed by atoms with van der Waals surface area (Å²) in [5.41, 5.74) is 1.67. The number of carbonyl (C=O) groups is 1. The third-order valence-electron chi connectivity index (χ3n) is 4.10. The summed E-state index contributed by atoms with van der Waals surface area (Å²) in [6, 6.07) is 7.71. The van der Waals surface area contributed by atoms with Gasteiger partial charge in [-0.1, -0.05) is 19.0 Å². The van der Waals surface area contributed by atoms with Crippen LogP contribution in [0.2, 0.25) is 0 Å². The fourth-order valence-electron chi connectivity index (χ4n) is 2.62. The molecule has 2 N–H and O–H groups in total. The van der Waals surface area contributed by atoms with Gasteiger partial charge in [0.2, 0.25) is 5.89 Å². The second-order valence-electron chi connectivity index (χ2n) is 6.92. The molecule has 0 radical (unpaired) electrons. The molecule has 146 valence electrons. The first-order valence-electron chi connectivity index (χ1n) is 9.23. The third kappa shape index (κ3) is 5.35. The Labute approximate surface area is 163 Å². The van der Waals surface area contributed by atoms with Crippen molar-refractivity contribution in [1.29, 1.82) is 0 Å². The summed E-state index contributed by atoms with van der Waals surface area (Å²) >= 11 is 0. The smallest absolute Gasteiger partial charge is 0.253 e. The van der Waals surface area contributed by atoms with Gasteiger partial charge in [0.1, 0.15) is 5.82 Å². The van der Waals surface area contributed by atoms with E-state index in [0.717, 1.165) is 12.2 Å². The molecule has 0 unspecified atom stereocenters. The van der Waals surface area contributed by atoms with Crippen LogP contribution < -0.4 is 10.6 Å². The van der Waals surface area contributed by atoms with E-state index in [-0.39, 0.29) is 24.4 Å². The number of rotatable bonds is 8. The molecule has 1 atom stereocenters. The van der Waals surface area contributed by atoms with Gasteiger partial charge in [0.15, 0.2) is 5.82 Å². The van der Waals surface area contributed by atoms with Crippen LogP contribution in [0, 0.1) is 0 Å². The molecule has 1 amide bonds. The maximum atomic E-state index is 12.3. The number of anilines is 1. The van der Waals surface area contributed by atoms with Gasteiger partial charge >= 0.3 is 0 Å². The van der Waals surface area contributed by atoms with Crippen LogP contribution >= 0.6 is 0 Å². The summed E-state index contributed by atoms with van der Waals surface area (Å²) in [6.07, 6.45) is 5.97. The van der Waals surface area contributed by atoms with Crippen molar-refractivity contribution >= 4 is 11.7 Å². The van der Waals surface area contributed by atoms with Crippen LogP contribution in [0.1, 0.15) is 54.3 Å². The van der Waals surface area contributed by atoms with Crippen molar-refractivity contribution in [3.63, 3.8) is 0 Å². The van der Waals surface area contributed by atoms with Crippen LogP contribution in [0.25, 0.3) is 0 Å². The normalized spacial score (nSPS) is 12.0. The third-order valence-corrected chi connectivity index (χ3v) is 4.10. The first-order chi connectivity index (χ1) is 13.5. The number of hydrogen-bond acceptors (Lipinski definition) is 7. The molecular formula is C20H24N6O2. The molecule has 3 rings (SSSR count). The van der Waals surface area contributed by atoms with Crippen LogP contribution in [0.15, 0.2) is 47.4 Å². The molecule has 0 bridgehead atoms. The lowest BCUT2D eigenvalue weighted by molar-refractivity contribution is 0.0949. The Balaban J connectivity index is 1.50. The minimum absolute atomic E-state index is 0.155. The molecule has 0 spiro atoms. The highest BCUT2D eigenvalue weighted by Gasteiger charge is 2.12. The van der Waals surface area contributed by atoms with Gasteiger partial charge < -0.3 is 15.2 Å². The van der Waals surface area contributed by atoms with Gasteiger partial charge in [0, 0.05) is 30.6 Å². The predicted octanol–water partition coefficient (Wildman–Crippen LogP) is 2.96. The quantitative estimate of drug-likeness (QED) is 0.619. The number of nitrogens with zero attached hydrogens (tertiary/aromatic N) is 4. The predicted molar refractivity (Wildman–Crippen MR) is 105 cm³/mol. The first-order valence-corrected chi connectivity index (χ1v) is 9.23. The maximum absolute atomic E-state index is 12.3. The summed E-state index contributed by atoms with van der Waals surface area (Å²) in [5.74, 6) is 1.65. The SMILES string of the molecule is CC(C)c1nc(CNC(=O)c2ccc(N[C@H](C)Cc3ccncc3)nc2)no1. The molecule has 3 heterocycles. The van der Waals surface area contributed by atoms with E-state index >= 15 is 0 Å². The van der Waals surface area contributed by atoms with Crippen molar-refractivity contribution in [2.24, 2.45) is 0 Å². The molecule has 3 aromatic rings. The monoisotopic (exact) mass is 380 g/mol. The van der Waals surface area contributed by atoms with E-state index in [1.807, 2.05) is 26.0 Å². The molecule has 8 heteroatoms. The second kappa shape index (κ2) is 9.07. The van der Waals surface area contributed by atoms with E-state index in [9.17, 15) is 4.79 Å². The average molecular weight is 380 g/mol. The molecule has 0 aliphatic rings. The number of carbonyl (C=O) groups excluding carboxylic acids is 1. The van der Waals surface area contributed by atoms with E-state index in [1.54, 1.807) is 30.7 Å². The van der Waals surface area contributed by atoms with E-state index in [1.165, 1.54) is 5.56 Å². The number of hydrogen-bond donors (Lipinski definition) is 2.